The van der Waals surface area contributed by atoms with Crippen molar-refractivity contribution in [2.45, 2.75) is 39.2 Å². The molecule has 1 aromatic heterocycles. The van der Waals surface area contributed by atoms with E-state index < -0.39 is 0 Å². The molecular weight excluding hydrogens is 300 g/mol. The highest BCUT2D eigenvalue weighted by Gasteiger charge is 2.17. The first-order valence-electron chi connectivity index (χ1n) is 8.63. The molecule has 1 aromatic carbocycles. The molecule has 1 aliphatic rings. The van der Waals surface area contributed by atoms with Gasteiger partial charge in [0.1, 0.15) is 0 Å². The first-order valence-corrected chi connectivity index (χ1v) is 8.63. The van der Waals surface area contributed by atoms with Crippen molar-refractivity contribution in [3.63, 3.8) is 0 Å². The van der Waals surface area contributed by atoms with Gasteiger partial charge in [0.15, 0.2) is 0 Å². The van der Waals surface area contributed by atoms with Gasteiger partial charge in [-0.05, 0) is 25.3 Å². The van der Waals surface area contributed by atoms with Crippen molar-refractivity contribution in [1.82, 2.24) is 14.9 Å². The van der Waals surface area contributed by atoms with Gasteiger partial charge in [-0.1, -0.05) is 42.7 Å². The van der Waals surface area contributed by atoms with Crippen LogP contribution in [-0.4, -0.2) is 33.9 Å². The summed E-state index contributed by atoms with van der Waals surface area (Å²) >= 11 is 0. The normalized spacial score (nSPS) is 15.0. The molecule has 3 rings (SSSR count). The Morgan fingerprint density at radius 1 is 1.04 bits per heavy atom. The van der Waals surface area contributed by atoms with Crippen molar-refractivity contribution in [2.75, 3.05) is 18.4 Å². The van der Waals surface area contributed by atoms with Gasteiger partial charge < -0.3 is 10.2 Å². The summed E-state index contributed by atoms with van der Waals surface area (Å²) in [7, 11) is 0. The molecule has 0 unspecified atom stereocenters. The summed E-state index contributed by atoms with van der Waals surface area (Å²) in [5, 5.41) is 3.19. The molecule has 0 atom stereocenters. The molecule has 1 amide bonds. The maximum Gasteiger partial charge on any atom is 0.256 e. The Kier molecular flexibility index (Phi) is 5.41. The van der Waals surface area contributed by atoms with Crippen molar-refractivity contribution in [3.8, 4) is 0 Å². The van der Waals surface area contributed by atoms with Gasteiger partial charge in [-0.2, -0.15) is 0 Å². The molecule has 5 nitrogen and oxygen atoms in total. The molecule has 1 fully saturated rings. The Bertz CT molecular complexity index is 659. The van der Waals surface area contributed by atoms with Crippen LogP contribution >= 0.6 is 0 Å². The number of rotatable bonds is 4. The lowest BCUT2D eigenvalue weighted by Crippen LogP contribution is -2.32. The predicted octanol–water partition coefficient (Wildman–Crippen LogP) is 3.41. The predicted molar refractivity (Wildman–Crippen MR) is 94.9 cm³/mol. The van der Waals surface area contributed by atoms with Gasteiger partial charge >= 0.3 is 0 Å². The number of benzene rings is 1. The van der Waals surface area contributed by atoms with E-state index in [1.807, 2.05) is 4.90 Å². The fourth-order valence-electron chi connectivity index (χ4n) is 2.87. The summed E-state index contributed by atoms with van der Waals surface area (Å²) in [5.41, 5.74) is 2.98. The zero-order valence-electron chi connectivity index (χ0n) is 14.2. The minimum absolute atomic E-state index is 0.0435. The molecule has 2 heterocycles. The summed E-state index contributed by atoms with van der Waals surface area (Å²) in [4.78, 5) is 23.0. The lowest BCUT2D eigenvalue weighted by atomic mass is 10.1. The molecule has 1 saturated heterocycles. The third-order valence-corrected chi connectivity index (χ3v) is 4.36. The van der Waals surface area contributed by atoms with Crippen LogP contribution in [0, 0.1) is 6.92 Å². The molecule has 126 valence electrons. The van der Waals surface area contributed by atoms with Crippen LogP contribution in [0.3, 0.4) is 0 Å². The maximum atomic E-state index is 12.5. The van der Waals surface area contributed by atoms with E-state index in [2.05, 4.69) is 46.5 Å². The van der Waals surface area contributed by atoms with Crippen LogP contribution in [0.1, 0.15) is 47.2 Å². The summed E-state index contributed by atoms with van der Waals surface area (Å²) in [6.07, 6.45) is 7.84. The van der Waals surface area contributed by atoms with Crippen molar-refractivity contribution < 1.29 is 4.79 Å². The molecule has 0 radical (unpaired) electrons. The number of nitrogens with one attached hydrogen (secondary N) is 1. The van der Waals surface area contributed by atoms with E-state index in [-0.39, 0.29) is 5.91 Å². The van der Waals surface area contributed by atoms with Gasteiger partial charge in [0.2, 0.25) is 5.95 Å². The molecule has 24 heavy (non-hydrogen) atoms. The molecule has 2 aromatic rings. The second kappa shape index (κ2) is 7.90. The van der Waals surface area contributed by atoms with E-state index in [9.17, 15) is 4.79 Å². The van der Waals surface area contributed by atoms with Crippen LogP contribution in [0.25, 0.3) is 0 Å². The topological polar surface area (TPSA) is 58.1 Å². The van der Waals surface area contributed by atoms with E-state index >= 15 is 0 Å². The summed E-state index contributed by atoms with van der Waals surface area (Å²) in [6.45, 7) is 4.42. The van der Waals surface area contributed by atoms with Crippen molar-refractivity contribution >= 4 is 11.9 Å². The van der Waals surface area contributed by atoms with Gasteiger partial charge in [-0.3, -0.25) is 4.79 Å². The second-order valence-electron chi connectivity index (χ2n) is 6.34. The average molecular weight is 324 g/mol. The first kappa shape index (κ1) is 16.4. The number of aromatic nitrogens is 2. The number of hydrogen-bond acceptors (Lipinski definition) is 4. The zero-order valence-corrected chi connectivity index (χ0v) is 14.2. The number of aryl methyl sites for hydroxylation is 1. The fraction of sp³-hybridized carbons (Fsp3) is 0.421. The van der Waals surface area contributed by atoms with Crippen LogP contribution in [0.15, 0.2) is 36.7 Å². The van der Waals surface area contributed by atoms with Crippen molar-refractivity contribution in [3.05, 3.63) is 53.3 Å². The molecule has 1 N–H and O–H groups in total. The number of amides is 1. The van der Waals surface area contributed by atoms with Crippen LogP contribution in [0.5, 0.6) is 0 Å². The largest absolute Gasteiger partial charge is 0.350 e. The average Bonchev–Trinajstić information content (AvgIpc) is 2.90. The first-order chi connectivity index (χ1) is 11.7. The van der Waals surface area contributed by atoms with Gasteiger partial charge in [0.05, 0.1) is 5.56 Å². The van der Waals surface area contributed by atoms with Crippen LogP contribution in [0.4, 0.5) is 5.95 Å². The quantitative estimate of drug-likeness (QED) is 0.936. The number of carbonyl (C=O) groups is 1. The Balaban J connectivity index is 1.58. The van der Waals surface area contributed by atoms with E-state index in [4.69, 9.17) is 0 Å². The van der Waals surface area contributed by atoms with Crippen molar-refractivity contribution in [2.24, 2.45) is 0 Å². The summed E-state index contributed by atoms with van der Waals surface area (Å²) < 4.78 is 0. The number of carbonyl (C=O) groups excluding carboxylic acids is 1. The molecule has 0 bridgehead atoms. The van der Waals surface area contributed by atoms with Crippen LogP contribution in [-0.2, 0) is 6.54 Å². The summed E-state index contributed by atoms with van der Waals surface area (Å²) in [6, 6.07) is 8.33. The molecule has 0 saturated carbocycles. The summed E-state index contributed by atoms with van der Waals surface area (Å²) in [5.74, 6) is 0.588. The SMILES string of the molecule is Cc1ccc(CNc2ncc(C(=O)N3CCCCCC3)cn2)cc1. The monoisotopic (exact) mass is 324 g/mol. The third-order valence-electron chi connectivity index (χ3n) is 4.36. The minimum Gasteiger partial charge on any atom is -0.350 e. The minimum atomic E-state index is 0.0435. The smallest absolute Gasteiger partial charge is 0.256 e. The van der Waals surface area contributed by atoms with Gasteiger partial charge in [0, 0.05) is 32.0 Å². The number of hydrogen-bond donors (Lipinski definition) is 1. The lowest BCUT2D eigenvalue weighted by Gasteiger charge is -2.19. The Hall–Kier alpha value is -2.43. The van der Waals surface area contributed by atoms with E-state index in [0.717, 1.165) is 25.9 Å². The molecule has 5 heteroatoms. The van der Waals surface area contributed by atoms with Crippen LogP contribution < -0.4 is 5.32 Å². The van der Waals surface area contributed by atoms with Gasteiger partial charge in [-0.15, -0.1) is 0 Å². The maximum absolute atomic E-state index is 12.5. The molecule has 0 aliphatic carbocycles. The second-order valence-corrected chi connectivity index (χ2v) is 6.34. The fourth-order valence-corrected chi connectivity index (χ4v) is 2.87. The zero-order chi connectivity index (χ0) is 16.8. The number of nitrogens with zero attached hydrogens (tertiary/aromatic N) is 3. The molecule has 1 aliphatic heterocycles. The Morgan fingerprint density at radius 3 is 2.29 bits per heavy atom. The Labute approximate surface area is 143 Å². The molecule has 0 spiro atoms. The van der Waals surface area contributed by atoms with Gasteiger partial charge in [-0.25, -0.2) is 9.97 Å². The van der Waals surface area contributed by atoms with Crippen LogP contribution in [0.2, 0.25) is 0 Å². The van der Waals surface area contributed by atoms with Gasteiger partial charge in [0.25, 0.3) is 5.91 Å². The van der Waals surface area contributed by atoms with E-state index in [1.165, 1.54) is 24.0 Å². The number of likely N-dealkylation sites (tertiary alicyclic amines) is 1. The highest BCUT2D eigenvalue weighted by molar-refractivity contribution is 5.93. The highest BCUT2D eigenvalue weighted by atomic mass is 16.2. The lowest BCUT2D eigenvalue weighted by molar-refractivity contribution is 0.0761. The van der Waals surface area contributed by atoms with Crippen molar-refractivity contribution in [1.29, 1.82) is 0 Å². The van der Waals surface area contributed by atoms with E-state index in [0.29, 0.717) is 18.1 Å². The highest BCUT2D eigenvalue weighted by Crippen LogP contribution is 2.13. The number of anilines is 1. The van der Waals surface area contributed by atoms with E-state index in [1.54, 1.807) is 12.4 Å². The standard InChI is InChI=1S/C19H24N4O/c1-15-6-8-16(9-7-15)12-20-19-21-13-17(14-22-19)18(24)23-10-4-2-3-5-11-23/h6-9,13-14H,2-5,10-12H2,1H3,(H,20,21,22). The third kappa shape index (κ3) is 4.31. The Morgan fingerprint density at radius 2 is 1.67 bits per heavy atom. The molecular formula is C19H24N4O.